The molecule has 3 aromatic rings. The number of amides is 1. The zero-order chi connectivity index (χ0) is 34.5. The van der Waals surface area contributed by atoms with Gasteiger partial charge < -0.3 is 19.1 Å². The third-order valence-electron chi connectivity index (χ3n) is 9.24. The Morgan fingerprint density at radius 3 is 2.27 bits per heavy atom. The summed E-state index contributed by atoms with van der Waals surface area (Å²) < 4.78 is 97.8. The molecule has 2 aliphatic heterocycles. The van der Waals surface area contributed by atoms with Crippen LogP contribution in [0.4, 0.5) is 37.1 Å². The maximum atomic E-state index is 13.6. The van der Waals surface area contributed by atoms with Crippen LogP contribution in [0.1, 0.15) is 71.7 Å². The summed E-state index contributed by atoms with van der Waals surface area (Å²) in [5.74, 6) is 0.485. The van der Waals surface area contributed by atoms with E-state index in [-0.39, 0.29) is 30.9 Å². The Hall–Kier alpha value is -4.56. The first-order valence-corrected chi connectivity index (χ1v) is 15.3. The van der Waals surface area contributed by atoms with Gasteiger partial charge in [0.25, 0.3) is 0 Å². The summed E-state index contributed by atoms with van der Waals surface area (Å²) in [6.45, 7) is 2.74. The number of aromatic nitrogens is 2. The zero-order valence-electron chi connectivity index (χ0n) is 26.2. The molecular weight excluding hydrogens is 646 g/mol. The van der Waals surface area contributed by atoms with Gasteiger partial charge in [-0.15, -0.1) is 0 Å². The molecule has 0 spiro atoms. The number of benzene rings is 2. The van der Waals surface area contributed by atoms with Crippen molar-refractivity contribution in [1.29, 1.82) is 0 Å². The highest BCUT2D eigenvalue weighted by Gasteiger charge is 2.44. The van der Waals surface area contributed by atoms with E-state index in [9.17, 15) is 35.9 Å². The molecule has 3 atom stereocenters. The van der Waals surface area contributed by atoms with E-state index in [0.717, 1.165) is 43.5 Å². The molecule has 15 heteroatoms. The van der Waals surface area contributed by atoms with Crippen LogP contribution in [0.3, 0.4) is 0 Å². The van der Waals surface area contributed by atoms with Gasteiger partial charge in [0.2, 0.25) is 5.95 Å². The Morgan fingerprint density at radius 1 is 1.00 bits per heavy atom. The predicted octanol–water partition coefficient (Wildman–Crippen LogP) is 7.07. The van der Waals surface area contributed by atoms with Crippen molar-refractivity contribution in [2.24, 2.45) is 0 Å². The van der Waals surface area contributed by atoms with Crippen molar-refractivity contribution >= 4 is 18.0 Å². The molecule has 3 heterocycles. The Bertz CT molecular complexity index is 1710. The summed E-state index contributed by atoms with van der Waals surface area (Å²) in [5, 5.41) is 0. The minimum absolute atomic E-state index is 0.0346. The maximum absolute atomic E-state index is 13.6. The van der Waals surface area contributed by atoms with Gasteiger partial charge in [0.05, 0.1) is 50.0 Å². The third-order valence-corrected chi connectivity index (χ3v) is 9.24. The van der Waals surface area contributed by atoms with Gasteiger partial charge in [0, 0.05) is 30.4 Å². The molecule has 0 saturated carbocycles. The number of ether oxygens (including phenoxy) is 3. The summed E-state index contributed by atoms with van der Waals surface area (Å²) >= 11 is 0. The molecule has 2 fully saturated rings. The number of fused-ring (bicyclic) bond motifs is 1. The molecule has 1 aliphatic carbocycles. The molecule has 6 rings (SSSR count). The van der Waals surface area contributed by atoms with Crippen molar-refractivity contribution in [1.82, 2.24) is 14.9 Å². The number of esters is 1. The van der Waals surface area contributed by atoms with Crippen LogP contribution >= 0.6 is 0 Å². The number of cyclic esters (lactones) is 1. The van der Waals surface area contributed by atoms with Crippen LogP contribution in [-0.4, -0.2) is 60.3 Å². The van der Waals surface area contributed by atoms with E-state index in [4.69, 9.17) is 19.2 Å². The van der Waals surface area contributed by atoms with Gasteiger partial charge in [-0.05, 0) is 79.1 Å². The highest BCUT2D eigenvalue weighted by atomic mass is 19.4. The first-order chi connectivity index (χ1) is 22.7. The number of rotatable bonds is 8. The Morgan fingerprint density at radius 2 is 1.69 bits per heavy atom. The molecule has 3 aliphatic rings. The lowest BCUT2D eigenvalue weighted by Crippen LogP contribution is -2.39. The fraction of sp³-hybridized carbons (Fsp3) is 0.455. The standard InChI is InChI=1S/C33H32F6N4O5/c1-17-29(20-9-21(32(34,35)36)13-22(10-20)33(37,38)39)48-31(45)43(17)16-26-25(15-40-30(41-26)42-7-4-8-42)24-14-23-18(11-27(24)46-2)5-6-19(23)12-28(44)47-3/h9-11,13-15,17,19,29H,4-8,12,16H2,1-3H3/t17-,19-,29-/m0/s1. The number of halogens is 6. The first-order valence-electron chi connectivity index (χ1n) is 15.3. The van der Waals surface area contributed by atoms with Gasteiger partial charge >= 0.3 is 24.4 Å². The predicted molar refractivity (Wildman–Crippen MR) is 159 cm³/mol. The van der Waals surface area contributed by atoms with Crippen LogP contribution in [0.25, 0.3) is 11.1 Å². The third kappa shape index (κ3) is 6.33. The number of aryl methyl sites for hydroxylation is 1. The molecule has 256 valence electrons. The second-order valence-electron chi connectivity index (χ2n) is 12.2. The van der Waals surface area contributed by atoms with Crippen LogP contribution in [0.15, 0.2) is 36.5 Å². The van der Waals surface area contributed by atoms with Crippen molar-refractivity contribution in [2.45, 2.75) is 69.6 Å². The molecule has 0 N–H and O–H groups in total. The summed E-state index contributed by atoms with van der Waals surface area (Å²) in [5.41, 5.74) is 0.00278. The van der Waals surface area contributed by atoms with Gasteiger partial charge in [-0.1, -0.05) is 0 Å². The molecule has 0 radical (unpaired) electrons. The first kappa shape index (κ1) is 33.3. The molecule has 0 unspecified atom stereocenters. The average molecular weight is 679 g/mol. The van der Waals surface area contributed by atoms with E-state index in [1.165, 1.54) is 26.0 Å². The second kappa shape index (κ2) is 12.5. The van der Waals surface area contributed by atoms with Gasteiger partial charge in [-0.2, -0.15) is 26.3 Å². The van der Waals surface area contributed by atoms with E-state index in [0.29, 0.717) is 40.7 Å². The van der Waals surface area contributed by atoms with Gasteiger partial charge in [0.1, 0.15) is 11.9 Å². The SMILES string of the molecule is COC(=O)C[C@@H]1CCc2cc(OC)c(-c3cnc(N4CCC4)nc3CN3C(=O)O[C@H](c4cc(C(F)(F)F)cc(C(F)(F)F)c4)[C@@H]3C)cc21. The number of hydrogen-bond donors (Lipinski definition) is 0. The smallest absolute Gasteiger partial charge is 0.416 e. The summed E-state index contributed by atoms with van der Waals surface area (Å²) in [6.07, 6.45) is -8.26. The van der Waals surface area contributed by atoms with Gasteiger partial charge in [0.15, 0.2) is 0 Å². The Labute approximate surface area is 271 Å². The minimum atomic E-state index is -5.06. The molecular formula is C33H32F6N4O5. The number of hydrogen-bond acceptors (Lipinski definition) is 8. The number of alkyl halides is 6. The zero-order valence-corrected chi connectivity index (χ0v) is 26.2. The monoisotopic (exact) mass is 678 g/mol. The Balaban J connectivity index is 1.38. The Kier molecular flexibility index (Phi) is 8.66. The molecule has 48 heavy (non-hydrogen) atoms. The largest absolute Gasteiger partial charge is 0.496 e. The summed E-state index contributed by atoms with van der Waals surface area (Å²) in [4.78, 5) is 37.9. The number of nitrogens with zero attached hydrogens (tertiary/aromatic N) is 4. The normalized spacial score (nSPS) is 20.8. The quantitative estimate of drug-likeness (QED) is 0.185. The minimum Gasteiger partial charge on any atom is -0.496 e. The second-order valence-corrected chi connectivity index (χ2v) is 12.2. The van der Waals surface area contributed by atoms with Crippen LogP contribution in [0.5, 0.6) is 5.75 Å². The van der Waals surface area contributed by atoms with Crippen molar-refractivity contribution in [3.8, 4) is 16.9 Å². The maximum Gasteiger partial charge on any atom is 0.416 e. The van der Waals surface area contributed by atoms with Crippen molar-refractivity contribution in [3.05, 3.63) is 70.0 Å². The van der Waals surface area contributed by atoms with Crippen LogP contribution < -0.4 is 9.64 Å². The van der Waals surface area contributed by atoms with E-state index in [1.54, 1.807) is 6.20 Å². The number of carbonyl (C=O) groups excluding carboxylic acids is 2. The lowest BCUT2D eigenvalue weighted by Gasteiger charge is -2.31. The van der Waals surface area contributed by atoms with E-state index in [1.807, 2.05) is 17.0 Å². The number of anilines is 1. The van der Waals surface area contributed by atoms with Crippen molar-refractivity contribution in [2.75, 3.05) is 32.2 Å². The molecule has 9 nitrogen and oxygen atoms in total. The molecule has 2 saturated heterocycles. The van der Waals surface area contributed by atoms with Crippen molar-refractivity contribution in [3.63, 3.8) is 0 Å². The lowest BCUT2D eigenvalue weighted by atomic mass is 9.93. The summed E-state index contributed by atoms with van der Waals surface area (Å²) in [6, 6.07) is 4.02. The number of carbonyl (C=O) groups is 2. The van der Waals surface area contributed by atoms with Crippen LogP contribution in [0.2, 0.25) is 0 Å². The van der Waals surface area contributed by atoms with Gasteiger partial charge in [-0.3, -0.25) is 9.69 Å². The van der Waals surface area contributed by atoms with Crippen molar-refractivity contribution < 1.29 is 50.1 Å². The average Bonchev–Trinajstić information content (AvgIpc) is 3.53. The van der Waals surface area contributed by atoms with Crippen LogP contribution in [0, 0.1) is 0 Å². The van der Waals surface area contributed by atoms with Crippen LogP contribution in [-0.2, 0) is 39.6 Å². The van der Waals surface area contributed by atoms with E-state index >= 15 is 0 Å². The number of methoxy groups -OCH3 is 2. The highest BCUT2D eigenvalue weighted by Crippen LogP contribution is 2.45. The van der Waals surface area contributed by atoms with Gasteiger partial charge in [-0.25, -0.2) is 14.8 Å². The molecule has 2 aromatic carbocycles. The summed E-state index contributed by atoms with van der Waals surface area (Å²) in [7, 11) is 2.84. The topological polar surface area (TPSA) is 94.1 Å². The van der Waals surface area contributed by atoms with E-state index in [2.05, 4.69) is 4.98 Å². The fourth-order valence-electron chi connectivity index (χ4n) is 6.48. The fourth-order valence-corrected chi connectivity index (χ4v) is 6.48. The highest BCUT2D eigenvalue weighted by molar-refractivity contribution is 5.77. The molecule has 1 aromatic heterocycles. The molecule has 0 bridgehead atoms. The van der Waals surface area contributed by atoms with E-state index < -0.39 is 47.3 Å². The molecule has 1 amide bonds. The lowest BCUT2D eigenvalue weighted by molar-refractivity contribution is -0.143.